The zero-order valence-corrected chi connectivity index (χ0v) is 15.6. The number of amides is 1. The largest absolute Gasteiger partial charge is 0.326 e. The average molecular weight is 360 g/mol. The van der Waals surface area contributed by atoms with E-state index in [0.29, 0.717) is 11.3 Å². The molecule has 5 nitrogen and oxygen atoms in total. The Morgan fingerprint density at radius 2 is 1.72 bits per heavy atom. The van der Waals surface area contributed by atoms with Crippen LogP contribution in [0.3, 0.4) is 0 Å². The molecule has 6 heteroatoms. The molecule has 2 N–H and O–H groups in total. The predicted octanol–water partition coefficient (Wildman–Crippen LogP) is 3.17. The van der Waals surface area contributed by atoms with Crippen LogP contribution in [0.5, 0.6) is 0 Å². The summed E-state index contributed by atoms with van der Waals surface area (Å²) >= 11 is 0. The topological polar surface area (TPSA) is 75.3 Å². The maximum atomic E-state index is 12.4. The first-order valence-electron chi connectivity index (χ1n) is 8.27. The van der Waals surface area contributed by atoms with Crippen molar-refractivity contribution in [3.63, 3.8) is 0 Å². The molecular formula is C19H24N2O3S. The molecule has 0 radical (unpaired) electrons. The van der Waals surface area contributed by atoms with Crippen LogP contribution in [0, 0.1) is 13.8 Å². The number of carbonyl (C=O) groups excluding carboxylic acids is 1. The van der Waals surface area contributed by atoms with Gasteiger partial charge in [-0.15, -0.1) is 0 Å². The molecule has 2 aromatic carbocycles. The van der Waals surface area contributed by atoms with E-state index in [4.69, 9.17) is 0 Å². The molecular weight excluding hydrogens is 336 g/mol. The number of carbonyl (C=O) groups is 1. The van der Waals surface area contributed by atoms with E-state index in [1.54, 1.807) is 19.1 Å². The first-order chi connectivity index (χ1) is 11.8. The Bertz CT molecular complexity index is 843. The van der Waals surface area contributed by atoms with Gasteiger partial charge in [-0.3, -0.25) is 4.79 Å². The molecule has 0 bridgehead atoms. The molecule has 25 heavy (non-hydrogen) atoms. The van der Waals surface area contributed by atoms with Crippen molar-refractivity contribution in [2.75, 3.05) is 11.9 Å². The fourth-order valence-electron chi connectivity index (χ4n) is 2.42. The van der Waals surface area contributed by atoms with Crippen LogP contribution in [0.25, 0.3) is 0 Å². The van der Waals surface area contributed by atoms with E-state index in [1.165, 1.54) is 5.56 Å². The summed E-state index contributed by atoms with van der Waals surface area (Å²) in [5.74, 6) is -0.229. The third-order valence-electron chi connectivity index (χ3n) is 3.92. The van der Waals surface area contributed by atoms with Crippen molar-refractivity contribution in [2.45, 2.75) is 38.5 Å². The van der Waals surface area contributed by atoms with Crippen LogP contribution < -0.4 is 10.0 Å². The summed E-state index contributed by atoms with van der Waals surface area (Å²) in [6.07, 6.45) is 1.01. The lowest BCUT2D eigenvalue weighted by molar-refractivity contribution is -0.116. The van der Waals surface area contributed by atoms with E-state index in [9.17, 15) is 13.2 Å². The molecule has 0 spiro atoms. The minimum Gasteiger partial charge on any atom is -0.326 e. The van der Waals surface area contributed by atoms with Gasteiger partial charge in [-0.25, -0.2) is 13.1 Å². The van der Waals surface area contributed by atoms with Crippen LogP contribution in [0.4, 0.5) is 5.69 Å². The highest BCUT2D eigenvalue weighted by Gasteiger charge is 2.17. The van der Waals surface area contributed by atoms with Gasteiger partial charge in [0.2, 0.25) is 15.9 Å². The minimum atomic E-state index is -3.62. The van der Waals surface area contributed by atoms with Gasteiger partial charge in [-0.1, -0.05) is 31.2 Å². The number of hydrogen-bond acceptors (Lipinski definition) is 3. The number of hydrogen-bond donors (Lipinski definition) is 2. The predicted molar refractivity (Wildman–Crippen MR) is 100 cm³/mol. The van der Waals surface area contributed by atoms with Gasteiger partial charge in [-0.05, 0) is 55.2 Å². The SMILES string of the molecule is CCc1ccc(NC(=O)CCNS(=O)(=O)c2cc(C)ccc2C)cc1. The Kier molecular flexibility index (Phi) is 6.33. The lowest BCUT2D eigenvalue weighted by atomic mass is 10.1. The molecule has 0 atom stereocenters. The number of rotatable bonds is 7. The molecule has 0 heterocycles. The van der Waals surface area contributed by atoms with Crippen molar-refractivity contribution in [2.24, 2.45) is 0 Å². The van der Waals surface area contributed by atoms with Gasteiger partial charge in [0.05, 0.1) is 4.90 Å². The Morgan fingerprint density at radius 3 is 2.36 bits per heavy atom. The van der Waals surface area contributed by atoms with Crippen molar-refractivity contribution < 1.29 is 13.2 Å². The van der Waals surface area contributed by atoms with Crippen LogP contribution in [0.1, 0.15) is 30.0 Å². The molecule has 0 saturated heterocycles. The van der Waals surface area contributed by atoms with E-state index in [-0.39, 0.29) is 23.8 Å². The highest BCUT2D eigenvalue weighted by molar-refractivity contribution is 7.89. The van der Waals surface area contributed by atoms with Gasteiger partial charge >= 0.3 is 0 Å². The summed E-state index contributed by atoms with van der Waals surface area (Å²) in [4.78, 5) is 12.2. The fourth-order valence-corrected chi connectivity index (χ4v) is 3.78. The zero-order chi connectivity index (χ0) is 18.4. The van der Waals surface area contributed by atoms with E-state index >= 15 is 0 Å². The monoisotopic (exact) mass is 360 g/mol. The van der Waals surface area contributed by atoms with Gasteiger partial charge in [0.1, 0.15) is 0 Å². The van der Waals surface area contributed by atoms with Crippen molar-refractivity contribution in [1.82, 2.24) is 4.72 Å². The number of sulfonamides is 1. The van der Waals surface area contributed by atoms with Gasteiger partial charge < -0.3 is 5.32 Å². The third-order valence-corrected chi connectivity index (χ3v) is 5.53. The van der Waals surface area contributed by atoms with Gasteiger partial charge in [0.15, 0.2) is 0 Å². The molecule has 0 fully saturated rings. The smallest absolute Gasteiger partial charge is 0.240 e. The van der Waals surface area contributed by atoms with Crippen molar-refractivity contribution in [3.05, 3.63) is 59.2 Å². The fraction of sp³-hybridized carbons (Fsp3) is 0.316. The van der Waals surface area contributed by atoms with Gasteiger partial charge in [0.25, 0.3) is 0 Å². The quantitative estimate of drug-likeness (QED) is 0.796. The van der Waals surface area contributed by atoms with E-state index in [0.717, 1.165) is 12.0 Å². The summed E-state index contributed by atoms with van der Waals surface area (Å²) in [6.45, 7) is 5.71. The zero-order valence-electron chi connectivity index (χ0n) is 14.8. The van der Waals surface area contributed by atoms with Gasteiger partial charge in [-0.2, -0.15) is 0 Å². The van der Waals surface area contributed by atoms with E-state index < -0.39 is 10.0 Å². The molecule has 0 unspecified atom stereocenters. The van der Waals surface area contributed by atoms with Crippen LogP contribution in [-0.2, 0) is 21.2 Å². The number of benzene rings is 2. The van der Waals surface area contributed by atoms with Crippen LogP contribution >= 0.6 is 0 Å². The molecule has 0 aliphatic rings. The molecule has 0 aliphatic carbocycles. The van der Waals surface area contributed by atoms with Crippen molar-refractivity contribution >= 4 is 21.6 Å². The van der Waals surface area contributed by atoms with E-state index in [1.807, 2.05) is 37.3 Å². The molecule has 2 aromatic rings. The summed E-state index contributed by atoms with van der Waals surface area (Å²) in [6, 6.07) is 12.9. The first-order valence-corrected chi connectivity index (χ1v) is 9.76. The second kappa shape index (κ2) is 8.27. The average Bonchev–Trinajstić information content (AvgIpc) is 2.57. The molecule has 0 saturated carbocycles. The first kappa shape index (κ1) is 19.1. The second-order valence-electron chi connectivity index (χ2n) is 6.02. The molecule has 1 amide bonds. The second-order valence-corrected chi connectivity index (χ2v) is 7.75. The van der Waals surface area contributed by atoms with Crippen LogP contribution in [0.2, 0.25) is 0 Å². The van der Waals surface area contributed by atoms with Gasteiger partial charge in [0, 0.05) is 18.7 Å². The summed E-state index contributed by atoms with van der Waals surface area (Å²) in [5, 5.41) is 2.77. The van der Waals surface area contributed by atoms with Crippen LogP contribution in [-0.4, -0.2) is 20.9 Å². The molecule has 2 rings (SSSR count). The van der Waals surface area contributed by atoms with Crippen molar-refractivity contribution in [3.8, 4) is 0 Å². The number of aryl methyl sites for hydroxylation is 3. The molecule has 134 valence electrons. The lowest BCUT2D eigenvalue weighted by Gasteiger charge is -2.10. The highest BCUT2D eigenvalue weighted by Crippen LogP contribution is 2.16. The lowest BCUT2D eigenvalue weighted by Crippen LogP contribution is -2.28. The standard InChI is InChI=1S/C19H24N2O3S/c1-4-16-7-9-17(10-8-16)21-19(22)11-12-20-25(23,24)18-13-14(2)5-6-15(18)3/h5-10,13,20H,4,11-12H2,1-3H3,(H,21,22). The van der Waals surface area contributed by atoms with Crippen LogP contribution in [0.15, 0.2) is 47.4 Å². The Hall–Kier alpha value is -2.18. The maximum absolute atomic E-state index is 12.4. The number of anilines is 1. The molecule has 0 aliphatic heterocycles. The normalized spacial score (nSPS) is 11.3. The summed E-state index contributed by atoms with van der Waals surface area (Å²) < 4.78 is 27.2. The van der Waals surface area contributed by atoms with Crippen molar-refractivity contribution in [1.29, 1.82) is 0 Å². The minimum absolute atomic E-state index is 0.0502. The number of nitrogens with one attached hydrogen (secondary N) is 2. The molecule has 0 aromatic heterocycles. The summed E-state index contributed by atoms with van der Waals surface area (Å²) in [5.41, 5.74) is 3.46. The van der Waals surface area contributed by atoms with E-state index in [2.05, 4.69) is 17.0 Å². The highest BCUT2D eigenvalue weighted by atomic mass is 32.2. The Balaban J connectivity index is 1.90. The maximum Gasteiger partial charge on any atom is 0.240 e. The third kappa shape index (κ3) is 5.41. The summed E-state index contributed by atoms with van der Waals surface area (Å²) in [7, 11) is -3.62. The Labute approximate surface area is 149 Å². The Morgan fingerprint density at radius 1 is 1.04 bits per heavy atom.